The molecule has 98 valence electrons. The maximum absolute atomic E-state index is 12.3. The monoisotopic (exact) mass is 242 g/mol. The molecule has 3 unspecified atom stereocenters. The summed E-state index contributed by atoms with van der Waals surface area (Å²) in [7, 11) is 1.74. The molecule has 1 saturated carbocycles. The number of carbonyl (C=O) groups is 1. The van der Waals surface area contributed by atoms with Gasteiger partial charge in [0.15, 0.2) is 0 Å². The second-order valence-electron chi connectivity index (χ2n) is 5.29. The van der Waals surface area contributed by atoms with Gasteiger partial charge in [-0.25, -0.2) is 0 Å². The zero-order valence-electron chi connectivity index (χ0n) is 10.4. The van der Waals surface area contributed by atoms with Gasteiger partial charge >= 0.3 is 0 Å². The normalized spacial score (nSPS) is 38.1. The Bertz CT molecular complexity index is 289. The van der Waals surface area contributed by atoms with E-state index in [1.807, 2.05) is 0 Å². The van der Waals surface area contributed by atoms with Gasteiger partial charge < -0.3 is 20.5 Å². The molecule has 0 bridgehead atoms. The summed E-state index contributed by atoms with van der Waals surface area (Å²) in [5.41, 5.74) is 5.17. The van der Waals surface area contributed by atoms with Crippen molar-refractivity contribution in [3.63, 3.8) is 0 Å². The Morgan fingerprint density at radius 2 is 2.18 bits per heavy atom. The van der Waals surface area contributed by atoms with Crippen molar-refractivity contribution in [2.24, 2.45) is 5.73 Å². The first-order chi connectivity index (χ1) is 8.04. The van der Waals surface area contributed by atoms with Crippen molar-refractivity contribution in [3.05, 3.63) is 0 Å². The number of hydrogen-bond acceptors (Lipinski definition) is 4. The van der Waals surface area contributed by atoms with E-state index in [1.165, 1.54) is 0 Å². The molecule has 0 radical (unpaired) electrons. The van der Waals surface area contributed by atoms with E-state index < -0.39 is 11.6 Å². The van der Waals surface area contributed by atoms with Gasteiger partial charge in [-0.05, 0) is 19.3 Å². The fourth-order valence-corrected chi connectivity index (χ4v) is 2.79. The Morgan fingerprint density at radius 3 is 2.76 bits per heavy atom. The number of carbonyl (C=O) groups excluding carboxylic acids is 1. The zero-order valence-corrected chi connectivity index (χ0v) is 10.4. The van der Waals surface area contributed by atoms with Gasteiger partial charge in [0.25, 0.3) is 0 Å². The molecule has 1 saturated heterocycles. The lowest BCUT2D eigenvalue weighted by atomic mass is 9.89. The summed E-state index contributed by atoms with van der Waals surface area (Å²) in [6, 6.07) is -0.0859. The molecule has 1 amide bonds. The fourth-order valence-electron chi connectivity index (χ4n) is 2.79. The molecule has 0 aromatic heterocycles. The Kier molecular flexibility index (Phi) is 3.70. The summed E-state index contributed by atoms with van der Waals surface area (Å²) < 4.78 is 5.21. The first-order valence-corrected chi connectivity index (χ1v) is 6.36. The van der Waals surface area contributed by atoms with Crippen molar-refractivity contribution in [2.45, 2.75) is 49.8 Å². The molecule has 2 rings (SSSR count). The smallest absolute Gasteiger partial charge is 0.245 e. The number of hydrogen-bond donors (Lipinski definition) is 2. The summed E-state index contributed by atoms with van der Waals surface area (Å²) >= 11 is 0. The summed E-state index contributed by atoms with van der Waals surface area (Å²) in [5, 5.41) is 9.95. The van der Waals surface area contributed by atoms with E-state index >= 15 is 0 Å². The van der Waals surface area contributed by atoms with Gasteiger partial charge in [0.05, 0.1) is 18.8 Å². The third kappa shape index (κ3) is 2.46. The Morgan fingerprint density at radius 1 is 1.47 bits per heavy atom. The molecular weight excluding hydrogens is 220 g/mol. The lowest BCUT2D eigenvalue weighted by Gasteiger charge is -2.38. The second-order valence-corrected chi connectivity index (χ2v) is 5.29. The maximum atomic E-state index is 12.3. The molecule has 2 aliphatic rings. The minimum Gasteiger partial charge on any atom is -0.391 e. The van der Waals surface area contributed by atoms with Crippen LogP contribution in [0.5, 0.6) is 0 Å². The first kappa shape index (κ1) is 12.8. The van der Waals surface area contributed by atoms with E-state index in [1.54, 1.807) is 11.9 Å². The molecule has 1 heterocycles. The summed E-state index contributed by atoms with van der Waals surface area (Å²) in [5.74, 6) is -0.0963. The Balaban J connectivity index is 2.03. The lowest BCUT2D eigenvalue weighted by Crippen LogP contribution is -2.59. The van der Waals surface area contributed by atoms with Gasteiger partial charge in [-0.15, -0.1) is 0 Å². The quantitative estimate of drug-likeness (QED) is 0.707. The van der Waals surface area contributed by atoms with Crippen LogP contribution in [0.3, 0.4) is 0 Å². The van der Waals surface area contributed by atoms with Crippen LogP contribution in [0.15, 0.2) is 0 Å². The summed E-state index contributed by atoms with van der Waals surface area (Å²) in [6.45, 7) is 0.836. The molecule has 5 heteroatoms. The number of ether oxygens (including phenoxy) is 1. The van der Waals surface area contributed by atoms with Crippen LogP contribution in [0.25, 0.3) is 0 Å². The third-order valence-electron chi connectivity index (χ3n) is 3.99. The number of rotatable bonds is 2. The molecule has 1 aliphatic heterocycles. The number of amides is 1. The fraction of sp³-hybridized carbons (Fsp3) is 0.917. The van der Waals surface area contributed by atoms with Crippen molar-refractivity contribution in [3.8, 4) is 0 Å². The van der Waals surface area contributed by atoms with Gasteiger partial charge in [0.2, 0.25) is 5.91 Å². The van der Waals surface area contributed by atoms with Crippen LogP contribution in [-0.4, -0.2) is 53.9 Å². The molecule has 2 fully saturated rings. The third-order valence-corrected chi connectivity index (χ3v) is 3.99. The van der Waals surface area contributed by atoms with Gasteiger partial charge in [-0.2, -0.15) is 0 Å². The van der Waals surface area contributed by atoms with E-state index in [-0.39, 0.29) is 11.9 Å². The van der Waals surface area contributed by atoms with Crippen LogP contribution in [0.4, 0.5) is 0 Å². The molecular formula is C12H22N2O3. The number of nitrogens with zero attached hydrogens (tertiary/aromatic N) is 1. The number of aliphatic hydroxyl groups is 1. The number of likely N-dealkylation sites (N-methyl/N-ethyl adjacent to an activating group) is 1. The zero-order chi connectivity index (χ0) is 12.5. The van der Waals surface area contributed by atoms with Crippen molar-refractivity contribution < 1.29 is 14.6 Å². The summed E-state index contributed by atoms with van der Waals surface area (Å²) in [4.78, 5) is 14.0. The van der Waals surface area contributed by atoms with Gasteiger partial charge in [-0.3, -0.25) is 4.79 Å². The second kappa shape index (κ2) is 4.92. The lowest BCUT2D eigenvalue weighted by molar-refractivity contribution is -0.141. The Labute approximate surface area is 102 Å². The highest BCUT2D eigenvalue weighted by atomic mass is 16.5. The van der Waals surface area contributed by atoms with Crippen LogP contribution in [0.1, 0.15) is 32.1 Å². The minimum absolute atomic E-state index is 0.0859. The van der Waals surface area contributed by atoms with Gasteiger partial charge in [0, 0.05) is 13.7 Å². The average molecular weight is 242 g/mol. The van der Waals surface area contributed by atoms with Crippen molar-refractivity contribution in [1.29, 1.82) is 0 Å². The topological polar surface area (TPSA) is 75.8 Å². The summed E-state index contributed by atoms with van der Waals surface area (Å²) in [6.07, 6.45) is 3.89. The van der Waals surface area contributed by atoms with Crippen molar-refractivity contribution in [2.75, 3.05) is 20.3 Å². The molecule has 17 heavy (non-hydrogen) atoms. The standard InChI is InChI=1S/C12H22N2O3/c1-14(9-4-2-3-5-10(9)15)11(16)12(13)6-7-17-8-12/h9-10,15H,2-8,13H2,1H3. The van der Waals surface area contributed by atoms with Crippen LogP contribution in [-0.2, 0) is 9.53 Å². The number of aliphatic hydroxyl groups excluding tert-OH is 1. The first-order valence-electron chi connectivity index (χ1n) is 6.36. The molecule has 0 aromatic rings. The molecule has 3 N–H and O–H groups in total. The van der Waals surface area contributed by atoms with Crippen LogP contribution < -0.4 is 5.73 Å². The molecule has 3 atom stereocenters. The van der Waals surface area contributed by atoms with E-state index in [0.717, 1.165) is 25.7 Å². The highest BCUT2D eigenvalue weighted by Crippen LogP contribution is 2.26. The van der Waals surface area contributed by atoms with Gasteiger partial charge in [-0.1, -0.05) is 12.8 Å². The van der Waals surface area contributed by atoms with Crippen molar-refractivity contribution in [1.82, 2.24) is 4.90 Å². The SMILES string of the molecule is CN(C(=O)C1(N)CCOC1)C1CCCCC1O. The predicted molar refractivity (Wildman–Crippen MR) is 63.4 cm³/mol. The van der Waals surface area contributed by atoms with E-state index in [4.69, 9.17) is 10.5 Å². The molecule has 0 aromatic carbocycles. The van der Waals surface area contributed by atoms with E-state index in [0.29, 0.717) is 19.6 Å². The van der Waals surface area contributed by atoms with Crippen LogP contribution >= 0.6 is 0 Å². The molecule has 0 spiro atoms. The van der Waals surface area contributed by atoms with Gasteiger partial charge in [0.1, 0.15) is 5.54 Å². The largest absolute Gasteiger partial charge is 0.391 e. The molecule has 5 nitrogen and oxygen atoms in total. The number of nitrogens with two attached hydrogens (primary N) is 1. The van der Waals surface area contributed by atoms with E-state index in [2.05, 4.69) is 0 Å². The van der Waals surface area contributed by atoms with Crippen LogP contribution in [0.2, 0.25) is 0 Å². The molecule has 1 aliphatic carbocycles. The Hall–Kier alpha value is -0.650. The highest BCUT2D eigenvalue weighted by molar-refractivity contribution is 5.86. The highest BCUT2D eigenvalue weighted by Gasteiger charge is 2.43. The average Bonchev–Trinajstić information content (AvgIpc) is 2.76. The van der Waals surface area contributed by atoms with Crippen LogP contribution in [0, 0.1) is 0 Å². The van der Waals surface area contributed by atoms with Crippen molar-refractivity contribution >= 4 is 5.91 Å². The predicted octanol–water partition coefficient (Wildman–Crippen LogP) is -0.134. The van der Waals surface area contributed by atoms with E-state index in [9.17, 15) is 9.90 Å². The maximum Gasteiger partial charge on any atom is 0.245 e. The minimum atomic E-state index is -0.883.